The van der Waals surface area contributed by atoms with E-state index >= 15 is 0 Å². The highest BCUT2D eigenvalue weighted by atomic mass is 16.4. The molecule has 7 heteroatoms. The summed E-state index contributed by atoms with van der Waals surface area (Å²) in [7, 11) is 0. The second-order valence-electron chi connectivity index (χ2n) is 2.70. The lowest BCUT2D eigenvalue weighted by atomic mass is 10.2. The van der Waals surface area contributed by atoms with Crippen molar-refractivity contribution in [3.05, 3.63) is 17.5 Å². The predicted molar refractivity (Wildman–Crippen MR) is 49.1 cm³/mol. The topological polar surface area (TPSA) is 116 Å². The predicted octanol–water partition coefficient (Wildman–Crippen LogP) is -0.806. The number of nitrogens with one attached hydrogen (secondary N) is 2. The maximum atomic E-state index is 11.4. The molecule has 0 atom stereocenters. The lowest BCUT2D eigenvalue weighted by molar-refractivity contribution is 0.0953. The van der Waals surface area contributed by atoms with Crippen molar-refractivity contribution in [2.75, 3.05) is 6.54 Å². The Morgan fingerprint density at radius 1 is 1.86 bits per heavy atom. The van der Waals surface area contributed by atoms with Gasteiger partial charge in [0.1, 0.15) is 5.69 Å². The van der Waals surface area contributed by atoms with Crippen molar-refractivity contribution in [2.24, 2.45) is 10.9 Å². The van der Waals surface area contributed by atoms with E-state index < -0.39 is 0 Å². The summed E-state index contributed by atoms with van der Waals surface area (Å²) in [4.78, 5) is 11.4. The number of rotatable bonds is 3. The molecule has 0 fully saturated rings. The molecule has 0 aliphatic carbocycles. The monoisotopic (exact) mass is 197 g/mol. The first-order valence-corrected chi connectivity index (χ1v) is 3.89. The maximum Gasteiger partial charge on any atom is 0.269 e. The Kier molecular flexibility index (Phi) is 3.05. The van der Waals surface area contributed by atoms with E-state index in [4.69, 9.17) is 10.9 Å². The fraction of sp³-hybridized carbons (Fsp3) is 0.286. The average molecular weight is 197 g/mol. The molecule has 0 saturated heterocycles. The first kappa shape index (κ1) is 10.0. The molecule has 14 heavy (non-hydrogen) atoms. The Morgan fingerprint density at radius 2 is 2.57 bits per heavy atom. The SMILES string of the molecule is Cc1cn[nH]c1C(=O)NC/C(N)=N/O. The summed E-state index contributed by atoms with van der Waals surface area (Å²) < 4.78 is 0. The number of H-pyrrole nitrogens is 1. The van der Waals surface area contributed by atoms with Gasteiger partial charge in [0.25, 0.3) is 5.91 Å². The van der Waals surface area contributed by atoms with E-state index in [2.05, 4.69) is 20.7 Å². The van der Waals surface area contributed by atoms with Gasteiger partial charge in [-0.25, -0.2) is 0 Å². The molecule has 7 nitrogen and oxygen atoms in total. The minimum Gasteiger partial charge on any atom is -0.409 e. The summed E-state index contributed by atoms with van der Waals surface area (Å²) in [6.07, 6.45) is 1.54. The van der Waals surface area contributed by atoms with Crippen molar-refractivity contribution in [1.82, 2.24) is 15.5 Å². The van der Waals surface area contributed by atoms with Gasteiger partial charge < -0.3 is 16.3 Å². The van der Waals surface area contributed by atoms with E-state index in [1.807, 2.05) is 0 Å². The molecule has 0 aliphatic heterocycles. The molecule has 0 spiro atoms. The normalized spacial score (nSPS) is 11.4. The summed E-state index contributed by atoms with van der Waals surface area (Å²) in [5.74, 6) is -0.401. The molecule has 5 N–H and O–H groups in total. The molecular weight excluding hydrogens is 186 g/mol. The van der Waals surface area contributed by atoms with Gasteiger partial charge in [-0.3, -0.25) is 9.89 Å². The molecular formula is C7H11N5O2. The quantitative estimate of drug-likeness (QED) is 0.219. The highest BCUT2D eigenvalue weighted by molar-refractivity contribution is 5.96. The van der Waals surface area contributed by atoms with Crippen molar-refractivity contribution in [1.29, 1.82) is 0 Å². The van der Waals surface area contributed by atoms with Gasteiger partial charge >= 0.3 is 0 Å². The van der Waals surface area contributed by atoms with E-state index in [9.17, 15) is 4.79 Å². The van der Waals surface area contributed by atoms with Crippen LogP contribution in [0.5, 0.6) is 0 Å². The van der Waals surface area contributed by atoms with Crippen LogP contribution >= 0.6 is 0 Å². The van der Waals surface area contributed by atoms with E-state index in [0.717, 1.165) is 5.56 Å². The zero-order valence-corrected chi connectivity index (χ0v) is 7.61. The van der Waals surface area contributed by atoms with Crippen LogP contribution < -0.4 is 11.1 Å². The number of aromatic amines is 1. The third-order valence-electron chi connectivity index (χ3n) is 1.61. The summed E-state index contributed by atoms with van der Waals surface area (Å²) in [5, 5.41) is 19.6. The molecule has 0 saturated carbocycles. The van der Waals surface area contributed by atoms with Crippen LogP contribution in [0.25, 0.3) is 0 Å². The van der Waals surface area contributed by atoms with E-state index in [1.54, 1.807) is 13.1 Å². The third-order valence-corrected chi connectivity index (χ3v) is 1.61. The number of aryl methyl sites for hydroxylation is 1. The van der Waals surface area contributed by atoms with Gasteiger partial charge in [0, 0.05) is 0 Å². The number of nitrogens with zero attached hydrogens (tertiary/aromatic N) is 2. The number of nitrogens with two attached hydrogens (primary N) is 1. The average Bonchev–Trinajstić information content (AvgIpc) is 2.60. The Morgan fingerprint density at radius 3 is 3.07 bits per heavy atom. The number of carbonyl (C=O) groups excluding carboxylic acids is 1. The van der Waals surface area contributed by atoms with Gasteiger partial charge in [0.05, 0.1) is 12.7 Å². The van der Waals surface area contributed by atoms with Gasteiger partial charge in [-0.05, 0) is 12.5 Å². The number of aromatic nitrogens is 2. The summed E-state index contributed by atoms with van der Waals surface area (Å²) in [5.41, 5.74) is 6.28. The van der Waals surface area contributed by atoms with Crippen molar-refractivity contribution in [2.45, 2.75) is 6.92 Å². The Balaban J connectivity index is 2.56. The molecule has 1 aromatic rings. The molecule has 0 radical (unpaired) electrons. The fourth-order valence-corrected chi connectivity index (χ4v) is 0.871. The van der Waals surface area contributed by atoms with Gasteiger partial charge in [0.2, 0.25) is 0 Å². The zero-order chi connectivity index (χ0) is 10.6. The minimum absolute atomic E-state index is 0.00616. The van der Waals surface area contributed by atoms with E-state index in [0.29, 0.717) is 5.69 Å². The smallest absolute Gasteiger partial charge is 0.269 e. The molecule has 0 unspecified atom stereocenters. The van der Waals surface area contributed by atoms with Crippen molar-refractivity contribution < 1.29 is 10.0 Å². The maximum absolute atomic E-state index is 11.4. The Hall–Kier alpha value is -2.05. The van der Waals surface area contributed by atoms with E-state index in [1.165, 1.54) is 0 Å². The molecule has 1 heterocycles. The zero-order valence-electron chi connectivity index (χ0n) is 7.61. The van der Waals surface area contributed by atoms with E-state index in [-0.39, 0.29) is 18.3 Å². The van der Waals surface area contributed by atoms with Crippen LogP contribution in [0.15, 0.2) is 11.4 Å². The number of carbonyl (C=O) groups is 1. The summed E-state index contributed by atoms with van der Waals surface area (Å²) >= 11 is 0. The second-order valence-corrected chi connectivity index (χ2v) is 2.70. The number of amides is 1. The van der Waals surface area contributed by atoms with Crippen LogP contribution in [0.4, 0.5) is 0 Å². The molecule has 0 bridgehead atoms. The number of hydrogen-bond donors (Lipinski definition) is 4. The number of oxime groups is 1. The summed E-state index contributed by atoms with van der Waals surface area (Å²) in [6, 6.07) is 0. The van der Waals surface area contributed by atoms with Gasteiger partial charge in [-0.2, -0.15) is 5.10 Å². The van der Waals surface area contributed by atoms with Crippen LogP contribution in [-0.4, -0.2) is 33.7 Å². The largest absolute Gasteiger partial charge is 0.409 e. The van der Waals surface area contributed by atoms with Crippen LogP contribution in [0, 0.1) is 6.92 Å². The minimum atomic E-state index is -0.341. The highest BCUT2D eigenvalue weighted by Gasteiger charge is 2.10. The molecule has 1 aromatic heterocycles. The van der Waals surface area contributed by atoms with Gasteiger partial charge in [-0.15, -0.1) is 0 Å². The van der Waals surface area contributed by atoms with Gasteiger partial charge in [0.15, 0.2) is 5.84 Å². The van der Waals surface area contributed by atoms with Crippen LogP contribution in [0.2, 0.25) is 0 Å². The third kappa shape index (κ3) is 2.22. The Labute approximate surface area is 80.0 Å². The standard InChI is InChI=1S/C7H11N5O2/c1-4-2-10-11-6(4)7(13)9-3-5(8)12-14/h2,14H,3H2,1H3,(H2,8,12)(H,9,13)(H,10,11). The van der Waals surface area contributed by atoms with Crippen molar-refractivity contribution >= 4 is 11.7 Å². The lowest BCUT2D eigenvalue weighted by Crippen LogP contribution is -2.34. The lowest BCUT2D eigenvalue weighted by Gasteiger charge is -2.01. The molecule has 0 aromatic carbocycles. The first-order chi connectivity index (χ1) is 6.65. The highest BCUT2D eigenvalue weighted by Crippen LogP contribution is 2.00. The first-order valence-electron chi connectivity index (χ1n) is 3.89. The molecule has 0 aliphatic rings. The van der Waals surface area contributed by atoms with Gasteiger partial charge in [-0.1, -0.05) is 5.16 Å². The molecule has 1 rings (SSSR count). The number of amidine groups is 1. The number of hydrogen-bond acceptors (Lipinski definition) is 4. The van der Waals surface area contributed by atoms with Crippen LogP contribution in [0.3, 0.4) is 0 Å². The molecule has 1 amide bonds. The van der Waals surface area contributed by atoms with Crippen LogP contribution in [0.1, 0.15) is 16.1 Å². The summed E-state index contributed by atoms with van der Waals surface area (Å²) in [6.45, 7) is 1.75. The Bertz CT molecular complexity index is 357. The molecule has 76 valence electrons. The van der Waals surface area contributed by atoms with Crippen molar-refractivity contribution in [3.63, 3.8) is 0 Å². The fourth-order valence-electron chi connectivity index (χ4n) is 0.871. The van der Waals surface area contributed by atoms with Crippen LogP contribution in [-0.2, 0) is 0 Å². The second kappa shape index (κ2) is 4.26. The van der Waals surface area contributed by atoms with Crippen molar-refractivity contribution in [3.8, 4) is 0 Å².